The Morgan fingerprint density at radius 2 is 1.54 bits per heavy atom. The maximum atomic E-state index is 13.2. The molecule has 37 heavy (non-hydrogen) atoms. The Balaban J connectivity index is 3.16. The fraction of sp³-hybridized carbons (Fsp3) is 0.542. The number of carboxylic acid groups (broad SMARTS) is 1. The lowest BCUT2D eigenvalue weighted by Crippen LogP contribution is -2.58. The van der Waals surface area contributed by atoms with Crippen LogP contribution in [0.4, 0.5) is 0 Å². The molecule has 5 atom stereocenters. The van der Waals surface area contributed by atoms with Gasteiger partial charge in [-0.05, 0) is 42.0 Å². The second-order valence-electron chi connectivity index (χ2n) is 8.76. The Morgan fingerprint density at radius 3 is 2.05 bits per heavy atom. The third-order valence-electron chi connectivity index (χ3n) is 5.79. The molecule has 0 saturated heterocycles. The van der Waals surface area contributed by atoms with Crippen LogP contribution in [0.2, 0.25) is 0 Å². The summed E-state index contributed by atoms with van der Waals surface area (Å²) in [5, 5.41) is 26.8. The molecule has 0 aliphatic rings. The van der Waals surface area contributed by atoms with Crippen LogP contribution in [-0.4, -0.2) is 76.0 Å². The Hall–Kier alpha value is -3.32. The third kappa shape index (κ3) is 11.1. The molecule has 9 N–H and O–H groups in total. The lowest BCUT2D eigenvalue weighted by atomic mass is 9.98. The molecule has 0 aromatic heterocycles. The molecule has 13 heteroatoms. The molecule has 0 saturated carbocycles. The summed E-state index contributed by atoms with van der Waals surface area (Å²) in [6, 6.07) is 1.32. The van der Waals surface area contributed by atoms with Crippen LogP contribution in [0.3, 0.4) is 0 Å². The molecule has 0 radical (unpaired) electrons. The standard InChI is InChI=1S/C24H37N5O7S/c1-4-13(2)20(24(35)36)29-23(34)18(11-14-5-7-15(30)8-6-14)28-22(33)17(9-10-37-3)27-21(32)16(25)12-19(26)31/h5-8,13,16-18,20,30H,4,9-12,25H2,1-3H3,(H2,26,31)(H,27,32)(H,28,33)(H,29,34)(H,35,36). The molecular weight excluding hydrogens is 502 g/mol. The Bertz CT molecular complexity index is 944. The van der Waals surface area contributed by atoms with Crippen molar-refractivity contribution in [2.45, 2.75) is 63.7 Å². The molecule has 0 aliphatic carbocycles. The molecule has 12 nitrogen and oxygen atoms in total. The molecule has 1 aromatic rings. The van der Waals surface area contributed by atoms with E-state index in [4.69, 9.17) is 11.5 Å². The normalized spacial score (nSPS) is 14.9. The average Bonchev–Trinajstić information content (AvgIpc) is 2.84. The monoisotopic (exact) mass is 539 g/mol. The van der Waals surface area contributed by atoms with Crippen LogP contribution < -0.4 is 27.4 Å². The molecule has 4 amide bonds. The van der Waals surface area contributed by atoms with Gasteiger partial charge in [-0.15, -0.1) is 0 Å². The number of benzene rings is 1. The predicted molar refractivity (Wildman–Crippen MR) is 139 cm³/mol. The number of carboxylic acids is 1. The molecule has 0 fully saturated rings. The van der Waals surface area contributed by atoms with Crippen molar-refractivity contribution in [3.63, 3.8) is 0 Å². The number of aromatic hydroxyl groups is 1. The first-order chi connectivity index (χ1) is 17.4. The minimum Gasteiger partial charge on any atom is -0.508 e. The van der Waals surface area contributed by atoms with Gasteiger partial charge in [0, 0.05) is 6.42 Å². The third-order valence-corrected chi connectivity index (χ3v) is 6.43. The van der Waals surface area contributed by atoms with E-state index in [1.807, 2.05) is 6.26 Å². The van der Waals surface area contributed by atoms with Crippen molar-refractivity contribution >= 4 is 41.4 Å². The highest BCUT2D eigenvalue weighted by Gasteiger charge is 2.32. The van der Waals surface area contributed by atoms with Crippen LogP contribution in [0.5, 0.6) is 5.75 Å². The highest BCUT2D eigenvalue weighted by Crippen LogP contribution is 2.13. The van der Waals surface area contributed by atoms with E-state index in [0.29, 0.717) is 17.7 Å². The predicted octanol–water partition coefficient (Wildman–Crippen LogP) is -0.524. The first kappa shape index (κ1) is 31.7. The van der Waals surface area contributed by atoms with E-state index in [2.05, 4.69) is 16.0 Å². The van der Waals surface area contributed by atoms with E-state index in [0.717, 1.165) is 0 Å². The van der Waals surface area contributed by atoms with Crippen LogP contribution in [0.15, 0.2) is 24.3 Å². The van der Waals surface area contributed by atoms with E-state index >= 15 is 0 Å². The van der Waals surface area contributed by atoms with Gasteiger partial charge in [0.2, 0.25) is 23.6 Å². The second kappa shape index (κ2) is 15.7. The van der Waals surface area contributed by atoms with Gasteiger partial charge in [0.15, 0.2) is 0 Å². The van der Waals surface area contributed by atoms with Crippen LogP contribution >= 0.6 is 11.8 Å². The van der Waals surface area contributed by atoms with E-state index in [9.17, 15) is 34.2 Å². The molecule has 1 aromatic carbocycles. The molecular formula is C24H37N5O7S. The summed E-state index contributed by atoms with van der Waals surface area (Å²) in [5.74, 6) is -3.97. The van der Waals surface area contributed by atoms with E-state index in [1.54, 1.807) is 26.0 Å². The lowest BCUT2D eigenvalue weighted by molar-refractivity contribution is -0.143. The van der Waals surface area contributed by atoms with Crippen molar-refractivity contribution in [2.75, 3.05) is 12.0 Å². The lowest BCUT2D eigenvalue weighted by Gasteiger charge is -2.26. The highest BCUT2D eigenvalue weighted by molar-refractivity contribution is 7.98. The number of nitrogens with one attached hydrogen (secondary N) is 3. The topological polar surface area (TPSA) is 214 Å². The van der Waals surface area contributed by atoms with E-state index < -0.39 is 60.2 Å². The number of hydrogen-bond acceptors (Lipinski definition) is 8. The number of phenolic OH excluding ortho intramolecular Hbond substituents is 1. The van der Waals surface area contributed by atoms with Crippen molar-refractivity contribution in [3.05, 3.63) is 29.8 Å². The zero-order valence-electron chi connectivity index (χ0n) is 21.2. The molecule has 0 aliphatic heterocycles. The number of aliphatic carboxylic acids is 1. The van der Waals surface area contributed by atoms with Crippen molar-refractivity contribution in [2.24, 2.45) is 17.4 Å². The first-order valence-electron chi connectivity index (χ1n) is 11.8. The summed E-state index contributed by atoms with van der Waals surface area (Å²) >= 11 is 1.44. The number of phenols is 1. The number of rotatable bonds is 16. The van der Waals surface area contributed by atoms with Crippen LogP contribution in [-0.2, 0) is 30.4 Å². The first-order valence-corrected chi connectivity index (χ1v) is 13.2. The fourth-order valence-electron chi connectivity index (χ4n) is 3.38. The quantitative estimate of drug-likeness (QED) is 0.144. The van der Waals surface area contributed by atoms with Gasteiger partial charge in [0.05, 0.1) is 12.5 Å². The molecule has 0 spiro atoms. The molecule has 0 bridgehead atoms. The van der Waals surface area contributed by atoms with Gasteiger partial charge >= 0.3 is 5.97 Å². The Labute approximate surface area is 220 Å². The minimum absolute atomic E-state index is 0.00488. The minimum atomic E-state index is -1.25. The number of nitrogens with two attached hydrogens (primary N) is 2. The zero-order valence-corrected chi connectivity index (χ0v) is 22.0. The van der Waals surface area contributed by atoms with Gasteiger partial charge in [0.1, 0.15) is 23.9 Å². The van der Waals surface area contributed by atoms with Crippen molar-refractivity contribution in [1.29, 1.82) is 0 Å². The summed E-state index contributed by atoms with van der Waals surface area (Å²) in [4.78, 5) is 61.6. The van der Waals surface area contributed by atoms with Gasteiger partial charge in [0.25, 0.3) is 0 Å². The number of carbonyl (C=O) groups is 5. The average molecular weight is 540 g/mol. The van der Waals surface area contributed by atoms with Gasteiger partial charge in [-0.3, -0.25) is 19.2 Å². The van der Waals surface area contributed by atoms with Crippen LogP contribution in [0.1, 0.15) is 38.7 Å². The molecule has 206 valence electrons. The Morgan fingerprint density at radius 1 is 0.973 bits per heavy atom. The number of hydrogen-bond donors (Lipinski definition) is 7. The molecule has 1 rings (SSSR count). The summed E-state index contributed by atoms with van der Waals surface area (Å²) in [6.45, 7) is 3.49. The maximum absolute atomic E-state index is 13.2. The van der Waals surface area contributed by atoms with Gasteiger partial charge in [-0.1, -0.05) is 32.4 Å². The van der Waals surface area contributed by atoms with Crippen LogP contribution in [0.25, 0.3) is 0 Å². The van der Waals surface area contributed by atoms with Crippen LogP contribution in [0, 0.1) is 5.92 Å². The Kier molecular flexibility index (Phi) is 13.5. The highest BCUT2D eigenvalue weighted by atomic mass is 32.2. The van der Waals surface area contributed by atoms with Gasteiger partial charge in [-0.25, -0.2) is 4.79 Å². The molecule has 0 heterocycles. The smallest absolute Gasteiger partial charge is 0.326 e. The second-order valence-corrected chi connectivity index (χ2v) is 9.75. The summed E-state index contributed by atoms with van der Waals surface area (Å²) in [5.41, 5.74) is 11.4. The zero-order chi connectivity index (χ0) is 28.1. The fourth-order valence-corrected chi connectivity index (χ4v) is 3.85. The summed E-state index contributed by atoms with van der Waals surface area (Å²) < 4.78 is 0. The maximum Gasteiger partial charge on any atom is 0.326 e. The largest absolute Gasteiger partial charge is 0.508 e. The van der Waals surface area contributed by atoms with Crippen molar-refractivity contribution in [1.82, 2.24) is 16.0 Å². The number of carbonyl (C=O) groups excluding carboxylic acids is 4. The van der Waals surface area contributed by atoms with Gasteiger partial charge in [-0.2, -0.15) is 11.8 Å². The SMILES string of the molecule is CCC(C)C(NC(=O)C(Cc1ccc(O)cc1)NC(=O)C(CCSC)NC(=O)C(N)CC(N)=O)C(=O)O. The number of amides is 4. The van der Waals surface area contributed by atoms with Gasteiger partial charge < -0.3 is 37.6 Å². The number of thioether (sulfide) groups is 1. The van der Waals surface area contributed by atoms with E-state index in [1.165, 1.54) is 23.9 Å². The van der Waals surface area contributed by atoms with Crippen molar-refractivity contribution < 1.29 is 34.2 Å². The molecule has 5 unspecified atom stereocenters. The summed E-state index contributed by atoms with van der Waals surface area (Å²) in [7, 11) is 0. The van der Waals surface area contributed by atoms with E-state index in [-0.39, 0.29) is 24.5 Å². The van der Waals surface area contributed by atoms with Crippen molar-refractivity contribution in [3.8, 4) is 5.75 Å². The number of primary amides is 1. The summed E-state index contributed by atoms with van der Waals surface area (Å²) in [6.07, 6.45) is 2.12.